The van der Waals surface area contributed by atoms with E-state index < -0.39 is 11.8 Å². The van der Waals surface area contributed by atoms with Gasteiger partial charge < -0.3 is 19.4 Å². The summed E-state index contributed by atoms with van der Waals surface area (Å²) in [6.07, 6.45) is 0. The fraction of sp³-hybridized carbons (Fsp3) is 0.167. The third-order valence-corrected chi connectivity index (χ3v) is 3.93. The molecule has 0 aromatic heterocycles. The Labute approximate surface area is 143 Å². The van der Waals surface area contributed by atoms with Gasteiger partial charge in [0, 0.05) is 12.1 Å². The van der Waals surface area contributed by atoms with Gasteiger partial charge in [-0.1, -0.05) is 0 Å². The van der Waals surface area contributed by atoms with Gasteiger partial charge >= 0.3 is 5.97 Å². The van der Waals surface area contributed by atoms with E-state index in [-0.39, 0.29) is 22.5 Å². The first kappa shape index (κ1) is 16.5. The largest absolute Gasteiger partial charge is 0.618 e. The number of rotatable bonds is 4. The first-order valence-electron chi connectivity index (χ1n) is 7.35. The summed E-state index contributed by atoms with van der Waals surface area (Å²) in [5, 5.41) is 12.7. The van der Waals surface area contributed by atoms with E-state index in [0.29, 0.717) is 21.8 Å². The highest BCUT2D eigenvalue weighted by atomic mass is 16.5. The number of esters is 1. The van der Waals surface area contributed by atoms with Gasteiger partial charge in [-0.3, -0.25) is 4.79 Å². The summed E-state index contributed by atoms with van der Waals surface area (Å²) in [6, 6.07) is 9.03. The number of fused-ring (bicyclic) bond motifs is 1. The highest BCUT2D eigenvalue weighted by Gasteiger charge is 2.37. The number of hydrogen-bond acceptors (Lipinski definition) is 6. The van der Waals surface area contributed by atoms with Crippen molar-refractivity contribution in [3.63, 3.8) is 0 Å². The fourth-order valence-electron chi connectivity index (χ4n) is 2.67. The van der Waals surface area contributed by atoms with Crippen molar-refractivity contribution in [2.45, 2.75) is 0 Å². The van der Waals surface area contributed by atoms with Gasteiger partial charge in [-0.2, -0.15) is 4.74 Å². The van der Waals surface area contributed by atoms with Crippen LogP contribution in [0.15, 0.2) is 36.4 Å². The van der Waals surface area contributed by atoms with E-state index in [4.69, 9.17) is 9.47 Å². The minimum absolute atomic E-state index is 0.0609. The fourth-order valence-corrected chi connectivity index (χ4v) is 2.67. The van der Waals surface area contributed by atoms with Crippen LogP contribution in [0.3, 0.4) is 0 Å². The van der Waals surface area contributed by atoms with E-state index in [9.17, 15) is 14.8 Å². The normalized spacial score (nSPS) is 12.8. The molecule has 7 heteroatoms. The molecule has 2 aromatic rings. The minimum atomic E-state index is -0.583. The topological polar surface area (TPSA) is 87.9 Å². The van der Waals surface area contributed by atoms with Crippen LogP contribution in [0, 0.1) is 5.21 Å². The molecule has 0 saturated carbocycles. The highest BCUT2D eigenvalue weighted by molar-refractivity contribution is 6.52. The zero-order valence-electron chi connectivity index (χ0n) is 13.9. The van der Waals surface area contributed by atoms with Gasteiger partial charge in [-0.25, -0.2) is 4.79 Å². The number of ether oxygens (including phenoxy) is 3. The van der Waals surface area contributed by atoms with E-state index in [2.05, 4.69) is 4.74 Å². The number of methoxy groups -OCH3 is 3. The molecule has 128 valence electrons. The predicted octanol–water partition coefficient (Wildman–Crippen LogP) is 2.32. The van der Waals surface area contributed by atoms with Crippen LogP contribution in [0.25, 0.3) is 0 Å². The van der Waals surface area contributed by atoms with E-state index >= 15 is 0 Å². The molecule has 0 N–H and O–H groups in total. The molecule has 0 bridgehead atoms. The third kappa shape index (κ3) is 2.69. The van der Waals surface area contributed by atoms with Gasteiger partial charge in [0.15, 0.2) is 0 Å². The average Bonchev–Trinajstić information content (AvgIpc) is 2.90. The van der Waals surface area contributed by atoms with Gasteiger partial charge in [-0.15, -0.1) is 0 Å². The molecule has 0 atom stereocenters. The van der Waals surface area contributed by atoms with Gasteiger partial charge in [0.25, 0.3) is 11.5 Å². The van der Waals surface area contributed by atoms with Gasteiger partial charge in [-0.05, 0) is 24.3 Å². The minimum Gasteiger partial charge on any atom is -0.618 e. The van der Waals surface area contributed by atoms with Crippen LogP contribution < -0.4 is 9.47 Å². The van der Waals surface area contributed by atoms with Crippen LogP contribution >= 0.6 is 0 Å². The second-order valence-electron chi connectivity index (χ2n) is 5.30. The summed E-state index contributed by atoms with van der Waals surface area (Å²) in [5.41, 5.74) is 0.824. The number of nitrogens with zero attached hydrogens (tertiary/aromatic N) is 1. The molecule has 1 aliphatic heterocycles. The lowest BCUT2D eigenvalue weighted by Gasteiger charge is -2.07. The molecule has 0 spiro atoms. The molecule has 0 amide bonds. The van der Waals surface area contributed by atoms with Crippen LogP contribution in [-0.2, 0) is 4.74 Å². The van der Waals surface area contributed by atoms with Crippen molar-refractivity contribution in [3.05, 3.63) is 58.3 Å². The molecule has 0 unspecified atom stereocenters. The van der Waals surface area contributed by atoms with Crippen molar-refractivity contribution in [1.29, 1.82) is 0 Å². The molecule has 7 nitrogen and oxygen atoms in total. The number of ketones is 1. The van der Waals surface area contributed by atoms with Gasteiger partial charge in [0.05, 0.1) is 32.5 Å². The predicted molar refractivity (Wildman–Crippen MR) is 89.1 cm³/mol. The van der Waals surface area contributed by atoms with Crippen LogP contribution in [0.2, 0.25) is 0 Å². The van der Waals surface area contributed by atoms with Crippen molar-refractivity contribution >= 4 is 23.2 Å². The standard InChI is InChI=1S/C18H15NO6/c1-23-12-6-11(7-13(9-12)24-2)16-17(20)14-5-4-10(18(21)25-3)8-15(14)19(16)22/h4-9H,1-3H3. The Morgan fingerprint density at radius 2 is 1.64 bits per heavy atom. The maximum Gasteiger partial charge on any atom is 0.338 e. The lowest BCUT2D eigenvalue weighted by molar-refractivity contribution is -0.355. The highest BCUT2D eigenvalue weighted by Crippen LogP contribution is 2.32. The van der Waals surface area contributed by atoms with Crippen LogP contribution in [-0.4, -0.2) is 43.5 Å². The molecule has 3 rings (SSSR count). The number of carbonyl (C=O) groups is 2. The molecule has 0 saturated heterocycles. The number of carbonyl (C=O) groups excluding carboxylic acids is 2. The number of Topliss-reactive ketones (excluding diaryl/α,β-unsaturated/α-hetero) is 1. The SMILES string of the molecule is COC(=O)c1ccc2c(c1)[N+]([O-])=C(c1cc(OC)cc(OC)c1)C2=O. The van der Waals surface area contributed by atoms with Crippen molar-refractivity contribution in [2.24, 2.45) is 0 Å². The van der Waals surface area contributed by atoms with Crippen molar-refractivity contribution in [1.82, 2.24) is 0 Å². The Morgan fingerprint density at radius 3 is 2.20 bits per heavy atom. The first-order valence-corrected chi connectivity index (χ1v) is 7.35. The Balaban J connectivity index is 2.15. The first-order chi connectivity index (χ1) is 12.0. The lowest BCUT2D eigenvalue weighted by Crippen LogP contribution is -2.16. The van der Waals surface area contributed by atoms with Crippen molar-refractivity contribution in [3.8, 4) is 11.5 Å². The molecule has 0 aliphatic carbocycles. The molecule has 2 aromatic carbocycles. The number of hydrogen-bond donors (Lipinski definition) is 0. The second-order valence-corrected chi connectivity index (χ2v) is 5.30. The second kappa shape index (κ2) is 6.27. The smallest absolute Gasteiger partial charge is 0.338 e. The maximum atomic E-state index is 12.7. The number of benzene rings is 2. The Kier molecular flexibility index (Phi) is 4.14. The summed E-state index contributed by atoms with van der Waals surface area (Å²) in [6.45, 7) is 0. The maximum absolute atomic E-state index is 12.7. The molecule has 0 fully saturated rings. The Bertz CT molecular complexity index is 894. The summed E-state index contributed by atoms with van der Waals surface area (Å²) in [7, 11) is 4.20. The molecular formula is C18H15NO6. The molecule has 0 radical (unpaired) electrons. The monoisotopic (exact) mass is 341 g/mol. The molecule has 1 aliphatic rings. The summed E-state index contributed by atoms with van der Waals surface area (Å²) in [4.78, 5) is 24.3. The molecular weight excluding hydrogens is 326 g/mol. The summed E-state index contributed by atoms with van der Waals surface area (Å²) in [5.74, 6) is -0.111. The van der Waals surface area contributed by atoms with E-state index in [1.807, 2.05) is 0 Å². The van der Waals surface area contributed by atoms with E-state index in [1.54, 1.807) is 18.2 Å². The van der Waals surface area contributed by atoms with Crippen LogP contribution in [0.5, 0.6) is 11.5 Å². The zero-order valence-corrected chi connectivity index (χ0v) is 13.9. The van der Waals surface area contributed by atoms with Crippen LogP contribution in [0.1, 0.15) is 26.3 Å². The van der Waals surface area contributed by atoms with E-state index in [0.717, 1.165) is 0 Å². The van der Waals surface area contributed by atoms with Crippen LogP contribution in [0.4, 0.5) is 5.69 Å². The Hall–Kier alpha value is -3.35. The third-order valence-electron chi connectivity index (χ3n) is 3.93. The quantitative estimate of drug-likeness (QED) is 0.482. The van der Waals surface area contributed by atoms with Crippen molar-refractivity contribution in [2.75, 3.05) is 21.3 Å². The molecule has 25 heavy (non-hydrogen) atoms. The van der Waals surface area contributed by atoms with Gasteiger partial charge in [0.1, 0.15) is 17.1 Å². The Morgan fingerprint density at radius 1 is 1.00 bits per heavy atom. The summed E-state index contributed by atoms with van der Waals surface area (Å²) < 4.78 is 15.5. The zero-order chi connectivity index (χ0) is 18.1. The van der Waals surface area contributed by atoms with Gasteiger partial charge in [0.2, 0.25) is 5.69 Å². The molecule has 1 heterocycles. The lowest BCUT2D eigenvalue weighted by atomic mass is 10.0. The van der Waals surface area contributed by atoms with E-state index in [1.165, 1.54) is 39.5 Å². The average molecular weight is 341 g/mol. The summed E-state index contributed by atoms with van der Waals surface area (Å²) >= 11 is 0. The van der Waals surface area contributed by atoms with Crippen molar-refractivity contribution < 1.29 is 28.5 Å².